The number of ether oxygens (including phenoxy) is 1. The first-order valence-corrected chi connectivity index (χ1v) is 10.2. The molecule has 2 aromatic heterocycles. The predicted molar refractivity (Wildman–Crippen MR) is 119 cm³/mol. The highest BCUT2D eigenvalue weighted by Crippen LogP contribution is 2.30. The number of methoxy groups -OCH3 is 1. The zero-order valence-corrected chi connectivity index (χ0v) is 17.3. The first-order valence-electron chi connectivity index (χ1n) is 9.82. The molecule has 0 N–H and O–H groups in total. The number of benzene rings is 2. The molecule has 1 fully saturated rings. The molecule has 7 nitrogen and oxygen atoms in total. The molecule has 0 atom stereocenters. The van der Waals surface area contributed by atoms with Gasteiger partial charge in [-0.25, -0.2) is 14.6 Å². The lowest BCUT2D eigenvalue weighted by molar-refractivity contribution is 0.413. The van der Waals surface area contributed by atoms with Gasteiger partial charge in [0, 0.05) is 31.2 Å². The Morgan fingerprint density at radius 1 is 0.900 bits per heavy atom. The van der Waals surface area contributed by atoms with E-state index in [9.17, 15) is 0 Å². The van der Waals surface area contributed by atoms with Crippen molar-refractivity contribution < 1.29 is 4.74 Å². The third-order valence-corrected chi connectivity index (χ3v) is 5.67. The van der Waals surface area contributed by atoms with E-state index in [2.05, 4.69) is 30.9 Å². The van der Waals surface area contributed by atoms with E-state index in [0.29, 0.717) is 5.02 Å². The second kappa shape index (κ2) is 7.84. The van der Waals surface area contributed by atoms with Gasteiger partial charge in [-0.15, -0.1) is 0 Å². The van der Waals surface area contributed by atoms with Crippen LogP contribution in [-0.4, -0.2) is 53.0 Å². The van der Waals surface area contributed by atoms with E-state index in [1.54, 1.807) is 13.4 Å². The lowest BCUT2D eigenvalue weighted by atomic mass is 10.2. The number of hydrogen-bond acceptors (Lipinski definition) is 6. The van der Waals surface area contributed by atoms with Gasteiger partial charge in [-0.1, -0.05) is 23.7 Å². The summed E-state index contributed by atoms with van der Waals surface area (Å²) in [4.78, 5) is 13.7. The van der Waals surface area contributed by atoms with Crippen molar-refractivity contribution >= 4 is 34.1 Å². The average Bonchev–Trinajstić information content (AvgIpc) is 3.24. The maximum absolute atomic E-state index is 6.02. The van der Waals surface area contributed by atoms with Gasteiger partial charge in [0.05, 0.1) is 30.1 Å². The van der Waals surface area contributed by atoms with Crippen LogP contribution in [-0.2, 0) is 0 Å². The fourth-order valence-corrected chi connectivity index (χ4v) is 4.03. The van der Waals surface area contributed by atoms with Crippen molar-refractivity contribution in [2.24, 2.45) is 0 Å². The Bertz CT molecular complexity index is 1170. The van der Waals surface area contributed by atoms with Gasteiger partial charge >= 0.3 is 0 Å². The Morgan fingerprint density at radius 3 is 2.40 bits per heavy atom. The van der Waals surface area contributed by atoms with E-state index < -0.39 is 0 Å². The van der Waals surface area contributed by atoms with Crippen LogP contribution in [0.4, 0.5) is 11.5 Å². The van der Waals surface area contributed by atoms with E-state index in [4.69, 9.17) is 16.3 Å². The van der Waals surface area contributed by atoms with Gasteiger partial charge in [0.25, 0.3) is 0 Å². The van der Waals surface area contributed by atoms with Crippen LogP contribution in [0.5, 0.6) is 5.75 Å². The molecule has 4 aromatic rings. The zero-order valence-electron chi connectivity index (χ0n) is 16.6. The van der Waals surface area contributed by atoms with Gasteiger partial charge in [0.2, 0.25) is 0 Å². The van der Waals surface area contributed by atoms with Crippen LogP contribution < -0.4 is 14.5 Å². The lowest BCUT2D eigenvalue weighted by Gasteiger charge is -2.37. The summed E-state index contributed by atoms with van der Waals surface area (Å²) in [5.74, 6) is 1.82. The smallest absolute Gasteiger partial charge is 0.168 e. The molecular weight excluding hydrogens is 400 g/mol. The van der Waals surface area contributed by atoms with Crippen molar-refractivity contribution in [1.82, 2.24) is 19.7 Å². The molecule has 152 valence electrons. The Hall–Kier alpha value is -3.32. The van der Waals surface area contributed by atoms with E-state index in [1.165, 1.54) is 0 Å². The molecule has 1 aliphatic rings. The number of rotatable bonds is 4. The maximum Gasteiger partial charge on any atom is 0.168 e. The van der Waals surface area contributed by atoms with E-state index in [-0.39, 0.29) is 0 Å². The number of piperazine rings is 1. The Morgan fingerprint density at radius 2 is 1.63 bits per heavy atom. The highest BCUT2D eigenvalue weighted by atomic mass is 35.5. The molecule has 0 unspecified atom stereocenters. The number of nitrogens with zero attached hydrogens (tertiary/aromatic N) is 6. The Kier molecular flexibility index (Phi) is 4.88. The summed E-state index contributed by atoms with van der Waals surface area (Å²) >= 11 is 6.02. The van der Waals surface area contributed by atoms with Gasteiger partial charge < -0.3 is 14.5 Å². The maximum atomic E-state index is 6.02. The number of hydrogen-bond donors (Lipinski definition) is 0. The Labute approximate surface area is 179 Å². The number of para-hydroxylation sites is 2. The Balaban J connectivity index is 1.40. The first-order chi connectivity index (χ1) is 14.7. The number of fused-ring (bicyclic) bond motifs is 1. The summed E-state index contributed by atoms with van der Waals surface area (Å²) < 4.78 is 7.35. The topological polar surface area (TPSA) is 59.3 Å². The van der Waals surface area contributed by atoms with Crippen molar-refractivity contribution in [3.05, 3.63) is 66.1 Å². The summed E-state index contributed by atoms with van der Waals surface area (Å²) in [7, 11) is 1.71. The molecule has 2 aromatic carbocycles. The van der Waals surface area contributed by atoms with Crippen molar-refractivity contribution in [3.8, 4) is 11.4 Å². The molecule has 0 spiro atoms. The summed E-state index contributed by atoms with van der Waals surface area (Å²) in [5.41, 5.74) is 2.83. The number of anilines is 2. The molecule has 1 aliphatic heterocycles. The SMILES string of the molecule is COc1ccccc1N1CCN(c2ncnc3c2cnn3-c2ccc(Cl)cc2)CC1. The minimum Gasteiger partial charge on any atom is -0.495 e. The quantitative estimate of drug-likeness (QED) is 0.500. The molecular formula is C22H21ClN6O. The third kappa shape index (κ3) is 3.31. The van der Waals surface area contributed by atoms with Gasteiger partial charge in [-0.3, -0.25) is 0 Å². The molecule has 30 heavy (non-hydrogen) atoms. The van der Waals surface area contributed by atoms with Gasteiger partial charge in [0.15, 0.2) is 5.65 Å². The fraction of sp³-hybridized carbons (Fsp3) is 0.227. The molecule has 0 bridgehead atoms. The molecule has 5 rings (SSSR count). The second-order valence-corrected chi connectivity index (χ2v) is 7.55. The summed E-state index contributed by atoms with van der Waals surface area (Å²) in [6.07, 6.45) is 3.45. The molecule has 0 amide bonds. The van der Waals surface area contributed by atoms with Gasteiger partial charge in [-0.05, 0) is 36.4 Å². The van der Waals surface area contributed by atoms with Crippen LogP contribution in [0, 0.1) is 0 Å². The summed E-state index contributed by atoms with van der Waals surface area (Å²) in [5, 5.41) is 6.19. The average molecular weight is 421 g/mol. The highest BCUT2D eigenvalue weighted by Gasteiger charge is 2.23. The van der Waals surface area contributed by atoms with Crippen LogP contribution >= 0.6 is 11.6 Å². The third-order valence-electron chi connectivity index (χ3n) is 5.42. The standard InChI is InChI=1S/C22H21ClN6O/c1-30-20-5-3-2-4-19(20)27-10-12-28(13-11-27)21-18-14-26-29(22(18)25-15-24-21)17-8-6-16(23)7-9-17/h2-9,14-15H,10-13H2,1H3. The van der Waals surface area contributed by atoms with Gasteiger partial charge in [-0.2, -0.15) is 5.10 Å². The molecule has 3 heterocycles. The van der Waals surface area contributed by atoms with E-state index >= 15 is 0 Å². The summed E-state index contributed by atoms with van der Waals surface area (Å²) in [6, 6.07) is 15.7. The van der Waals surface area contributed by atoms with E-state index in [1.807, 2.05) is 53.3 Å². The van der Waals surface area contributed by atoms with Crippen molar-refractivity contribution in [2.45, 2.75) is 0 Å². The number of aromatic nitrogens is 4. The lowest BCUT2D eigenvalue weighted by Crippen LogP contribution is -2.47. The normalized spacial score (nSPS) is 14.3. The van der Waals surface area contributed by atoms with Crippen LogP contribution in [0.25, 0.3) is 16.7 Å². The van der Waals surface area contributed by atoms with Crippen LogP contribution in [0.15, 0.2) is 61.1 Å². The zero-order chi connectivity index (χ0) is 20.5. The number of halogens is 1. The monoisotopic (exact) mass is 420 g/mol. The minimum atomic E-state index is 0.693. The fourth-order valence-electron chi connectivity index (χ4n) is 3.91. The molecule has 8 heteroatoms. The van der Waals surface area contributed by atoms with Crippen molar-refractivity contribution in [3.63, 3.8) is 0 Å². The molecule has 0 saturated carbocycles. The molecule has 0 radical (unpaired) electrons. The van der Waals surface area contributed by atoms with E-state index in [0.717, 1.165) is 60.2 Å². The highest BCUT2D eigenvalue weighted by molar-refractivity contribution is 6.30. The minimum absolute atomic E-state index is 0.693. The van der Waals surface area contributed by atoms with Crippen molar-refractivity contribution in [1.29, 1.82) is 0 Å². The first kappa shape index (κ1) is 18.7. The van der Waals surface area contributed by atoms with Crippen molar-refractivity contribution in [2.75, 3.05) is 43.1 Å². The summed E-state index contributed by atoms with van der Waals surface area (Å²) in [6.45, 7) is 3.49. The van der Waals surface area contributed by atoms with Crippen LogP contribution in [0.3, 0.4) is 0 Å². The predicted octanol–water partition coefficient (Wildman–Crippen LogP) is 3.80. The van der Waals surface area contributed by atoms with Gasteiger partial charge in [0.1, 0.15) is 17.9 Å². The van der Waals surface area contributed by atoms with Crippen LogP contribution in [0.1, 0.15) is 0 Å². The largest absolute Gasteiger partial charge is 0.495 e. The van der Waals surface area contributed by atoms with Crippen LogP contribution in [0.2, 0.25) is 5.02 Å². The molecule has 0 aliphatic carbocycles. The second-order valence-electron chi connectivity index (χ2n) is 7.11. The molecule has 1 saturated heterocycles.